The van der Waals surface area contributed by atoms with Crippen molar-refractivity contribution >= 4 is 21.4 Å². The zero-order chi connectivity index (χ0) is 11.5. The number of aliphatic hydroxyl groups excluding tert-OH is 1. The van der Waals surface area contributed by atoms with Gasteiger partial charge in [0.15, 0.2) is 9.84 Å². The maximum absolute atomic E-state index is 11.6. The number of aliphatic hydroxyl groups is 1. The minimum absolute atomic E-state index is 0.181. The molecule has 5 heteroatoms. The van der Waals surface area contributed by atoms with Crippen LogP contribution in [0.4, 0.5) is 0 Å². The SMILES string of the molecule is CCc1cc(Cl)cc(S(=O)(=O)CCO)c1. The molecule has 15 heavy (non-hydrogen) atoms. The molecule has 0 fully saturated rings. The fraction of sp³-hybridized carbons (Fsp3) is 0.400. The van der Waals surface area contributed by atoms with Gasteiger partial charge in [0.25, 0.3) is 0 Å². The molecule has 0 aliphatic carbocycles. The van der Waals surface area contributed by atoms with Crippen molar-refractivity contribution < 1.29 is 13.5 Å². The Kier molecular flexibility index (Phi) is 4.13. The highest BCUT2D eigenvalue weighted by Crippen LogP contribution is 2.20. The quantitative estimate of drug-likeness (QED) is 0.882. The second-order valence-corrected chi connectivity index (χ2v) is 5.74. The van der Waals surface area contributed by atoms with Crippen LogP contribution in [0.15, 0.2) is 23.1 Å². The Morgan fingerprint density at radius 1 is 1.33 bits per heavy atom. The lowest BCUT2D eigenvalue weighted by Crippen LogP contribution is -2.10. The summed E-state index contributed by atoms with van der Waals surface area (Å²) in [6, 6.07) is 4.74. The molecular formula is C10H13ClO3S. The average Bonchev–Trinajstić information content (AvgIpc) is 2.16. The summed E-state index contributed by atoms with van der Waals surface area (Å²) in [6.45, 7) is 1.55. The molecule has 1 N–H and O–H groups in total. The summed E-state index contributed by atoms with van der Waals surface area (Å²) in [5, 5.41) is 9.06. The Labute approximate surface area is 94.6 Å². The van der Waals surface area contributed by atoms with Crippen LogP contribution in [0.25, 0.3) is 0 Å². The van der Waals surface area contributed by atoms with Gasteiger partial charge in [0, 0.05) is 5.02 Å². The summed E-state index contributed by atoms with van der Waals surface area (Å²) >= 11 is 5.81. The summed E-state index contributed by atoms with van der Waals surface area (Å²) in [5.41, 5.74) is 0.874. The molecule has 0 unspecified atom stereocenters. The zero-order valence-corrected chi connectivity index (χ0v) is 9.98. The van der Waals surface area contributed by atoms with E-state index in [1.807, 2.05) is 6.92 Å². The molecule has 0 radical (unpaired) electrons. The molecule has 0 saturated heterocycles. The Balaban J connectivity index is 3.20. The van der Waals surface area contributed by atoms with E-state index < -0.39 is 9.84 Å². The van der Waals surface area contributed by atoms with Crippen LogP contribution >= 0.6 is 11.6 Å². The monoisotopic (exact) mass is 248 g/mol. The standard InChI is InChI=1S/C10H13ClO3S/c1-2-8-5-9(11)7-10(6-8)15(13,14)4-3-12/h5-7,12H,2-4H2,1H3. The van der Waals surface area contributed by atoms with Crippen molar-refractivity contribution in [1.82, 2.24) is 0 Å². The van der Waals surface area contributed by atoms with Gasteiger partial charge in [-0.05, 0) is 30.2 Å². The van der Waals surface area contributed by atoms with Gasteiger partial charge in [0.2, 0.25) is 0 Å². The lowest BCUT2D eigenvalue weighted by Gasteiger charge is -2.05. The summed E-state index contributed by atoms with van der Waals surface area (Å²) in [6.07, 6.45) is 0.724. The lowest BCUT2D eigenvalue weighted by molar-refractivity contribution is 0.319. The molecule has 0 atom stereocenters. The molecule has 0 spiro atoms. The van der Waals surface area contributed by atoms with Crippen LogP contribution in [-0.4, -0.2) is 25.9 Å². The van der Waals surface area contributed by atoms with Crippen molar-refractivity contribution in [1.29, 1.82) is 0 Å². The second kappa shape index (κ2) is 4.96. The van der Waals surface area contributed by atoms with Gasteiger partial charge in [0.1, 0.15) is 0 Å². The number of aryl methyl sites for hydroxylation is 1. The Morgan fingerprint density at radius 3 is 2.53 bits per heavy atom. The summed E-state index contributed by atoms with van der Waals surface area (Å²) in [7, 11) is -3.40. The fourth-order valence-electron chi connectivity index (χ4n) is 1.24. The van der Waals surface area contributed by atoms with Crippen molar-refractivity contribution in [3.8, 4) is 0 Å². The molecule has 1 aromatic carbocycles. The highest BCUT2D eigenvalue weighted by molar-refractivity contribution is 7.91. The third kappa shape index (κ3) is 3.19. The van der Waals surface area contributed by atoms with E-state index in [1.54, 1.807) is 12.1 Å². The normalized spacial score (nSPS) is 11.7. The number of rotatable bonds is 4. The van der Waals surface area contributed by atoms with Crippen molar-refractivity contribution in [2.75, 3.05) is 12.4 Å². The average molecular weight is 249 g/mol. The largest absolute Gasteiger partial charge is 0.395 e. The van der Waals surface area contributed by atoms with Crippen LogP contribution in [0.3, 0.4) is 0 Å². The molecule has 0 aliphatic heterocycles. The molecule has 0 bridgehead atoms. The van der Waals surface area contributed by atoms with Crippen LogP contribution in [0.2, 0.25) is 5.02 Å². The zero-order valence-electron chi connectivity index (χ0n) is 8.40. The van der Waals surface area contributed by atoms with Gasteiger partial charge >= 0.3 is 0 Å². The minimum Gasteiger partial charge on any atom is -0.395 e. The van der Waals surface area contributed by atoms with Gasteiger partial charge in [0.05, 0.1) is 17.3 Å². The van der Waals surface area contributed by atoms with Crippen LogP contribution in [-0.2, 0) is 16.3 Å². The number of benzene rings is 1. The summed E-state index contributed by atoms with van der Waals surface area (Å²) in [4.78, 5) is 0.181. The highest BCUT2D eigenvalue weighted by atomic mass is 35.5. The highest BCUT2D eigenvalue weighted by Gasteiger charge is 2.14. The predicted molar refractivity (Wildman–Crippen MR) is 60.0 cm³/mol. The number of hydrogen-bond donors (Lipinski definition) is 1. The van der Waals surface area contributed by atoms with Gasteiger partial charge < -0.3 is 5.11 Å². The smallest absolute Gasteiger partial charge is 0.180 e. The van der Waals surface area contributed by atoms with E-state index >= 15 is 0 Å². The van der Waals surface area contributed by atoms with Crippen molar-refractivity contribution in [3.63, 3.8) is 0 Å². The second-order valence-electron chi connectivity index (χ2n) is 3.19. The van der Waals surface area contributed by atoms with E-state index in [1.165, 1.54) is 6.07 Å². The van der Waals surface area contributed by atoms with E-state index in [0.29, 0.717) is 5.02 Å². The number of halogens is 1. The molecular weight excluding hydrogens is 236 g/mol. The first-order valence-corrected chi connectivity index (χ1v) is 6.65. The molecule has 3 nitrogen and oxygen atoms in total. The lowest BCUT2D eigenvalue weighted by atomic mass is 10.2. The van der Waals surface area contributed by atoms with Gasteiger partial charge in [-0.15, -0.1) is 0 Å². The van der Waals surface area contributed by atoms with E-state index in [0.717, 1.165) is 12.0 Å². The van der Waals surface area contributed by atoms with Crippen LogP contribution in [0.5, 0.6) is 0 Å². The molecule has 0 heterocycles. The Hall–Kier alpha value is -0.580. The van der Waals surface area contributed by atoms with Gasteiger partial charge in [-0.2, -0.15) is 0 Å². The van der Waals surface area contributed by atoms with Crippen molar-refractivity contribution in [2.45, 2.75) is 18.2 Å². The van der Waals surface area contributed by atoms with Crippen LogP contribution in [0.1, 0.15) is 12.5 Å². The molecule has 1 aromatic rings. The predicted octanol–water partition coefficient (Wildman–Crippen LogP) is 1.67. The number of hydrogen-bond acceptors (Lipinski definition) is 3. The molecule has 0 saturated carbocycles. The molecule has 0 amide bonds. The van der Waals surface area contributed by atoms with Crippen LogP contribution in [0, 0.1) is 0 Å². The van der Waals surface area contributed by atoms with E-state index in [9.17, 15) is 8.42 Å². The molecule has 0 aromatic heterocycles. The van der Waals surface area contributed by atoms with E-state index in [2.05, 4.69) is 0 Å². The summed E-state index contributed by atoms with van der Waals surface area (Å²) < 4.78 is 23.3. The first-order valence-electron chi connectivity index (χ1n) is 4.62. The third-order valence-corrected chi connectivity index (χ3v) is 3.95. The molecule has 1 rings (SSSR count). The van der Waals surface area contributed by atoms with E-state index in [4.69, 9.17) is 16.7 Å². The first kappa shape index (κ1) is 12.5. The first-order chi connectivity index (χ1) is 6.99. The van der Waals surface area contributed by atoms with Gasteiger partial charge in [-0.25, -0.2) is 8.42 Å². The Bertz CT molecular complexity index is 440. The van der Waals surface area contributed by atoms with Crippen molar-refractivity contribution in [3.05, 3.63) is 28.8 Å². The Morgan fingerprint density at radius 2 is 2.00 bits per heavy atom. The van der Waals surface area contributed by atoms with Crippen LogP contribution < -0.4 is 0 Å². The number of sulfone groups is 1. The topological polar surface area (TPSA) is 54.4 Å². The van der Waals surface area contributed by atoms with Gasteiger partial charge in [-0.3, -0.25) is 0 Å². The maximum Gasteiger partial charge on any atom is 0.180 e. The minimum atomic E-state index is -3.40. The molecule has 84 valence electrons. The van der Waals surface area contributed by atoms with Gasteiger partial charge in [-0.1, -0.05) is 18.5 Å². The maximum atomic E-state index is 11.6. The fourth-order valence-corrected chi connectivity index (χ4v) is 2.68. The third-order valence-electron chi connectivity index (χ3n) is 2.06. The van der Waals surface area contributed by atoms with Crippen molar-refractivity contribution in [2.24, 2.45) is 0 Å². The van der Waals surface area contributed by atoms with E-state index in [-0.39, 0.29) is 17.3 Å². The molecule has 0 aliphatic rings. The summed E-state index contributed by atoms with van der Waals surface area (Å²) in [5.74, 6) is -0.267.